The zero-order chi connectivity index (χ0) is 91.2. The molecule has 0 spiro atoms. The van der Waals surface area contributed by atoms with E-state index in [2.05, 4.69) is 18.9 Å². The summed E-state index contributed by atoms with van der Waals surface area (Å²) in [6, 6.07) is 8.73. The van der Waals surface area contributed by atoms with Crippen molar-refractivity contribution in [3.05, 3.63) is 30.3 Å². The lowest BCUT2D eigenvalue weighted by Gasteiger charge is -2.55. The molecule has 1 aromatic rings. The number of carbonyl (C=O) groups excluding carboxylic acids is 19. The molecule has 1 heterocycles. The number of ether oxygens (including phenoxy) is 7. The smallest absolute Gasteiger partial charge is 0.351 e. The van der Waals surface area contributed by atoms with E-state index in [9.17, 15) is 138 Å². The lowest BCUT2D eigenvalue weighted by Crippen LogP contribution is -2.51. The number of carbonyl (C=O) groups is 19. The van der Waals surface area contributed by atoms with E-state index >= 15 is 0 Å². The van der Waals surface area contributed by atoms with Gasteiger partial charge in [-0.15, -0.1) is 0 Å². The highest BCUT2D eigenvalue weighted by molar-refractivity contribution is 5.94. The normalized spacial score (nSPS) is 18.0. The second kappa shape index (κ2) is 64.5. The predicted octanol–water partition coefficient (Wildman–Crippen LogP) is -15.0. The van der Waals surface area contributed by atoms with Gasteiger partial charge in [-0.05, 0) is 162 Å². The van der Waals surface area contributed by atoms with Gasteiger partial charge in [0.1, 0.15) is 37.8 Å². The van der Waals surface area contributed by atoms with Crippen molar-refractivity contribution in [3.63, 3.8) is 0 Å². The van der Waals surface area contributed by atoms with E-state index in [-0.39, 0.29) is 50.1 Å². The maximum Gasteiger partial charge on any atom is 0.351 e. The average Bonchev–Trinajstić information content (AvgIpc) is 1.53. The summed E-state index contributed by atoms with van der Waals surface area (Å²) >= 11 is 0. The summed E-state index contributed by atoms with van der Waals surface area (Å²) < 4.78 is 32.3. The number of para-hydroxylation sites is 1. The van der Waals surface area contributed by atoms with Gasteiger partial charge in [-0.25, -0.2) is 4.79 Å². The first-order chi connectivity index (χ1) is 51.5. The van der Waals surface area contributed by atoms with E-state index in [1.165, 1.54) is 81.9 Å². The maximum atomic E-state index is 12.1. The Morgan fingerprint density at radius 2 is 0.735 bits per heavy atom. The number of carboxylic acids is 15. The van der Waals surface area contributed by atoms with Gasteiger partial charge in [-0.2, -0.15) is 0 Å². The number of methoxy groups -OCH3 is 2. The fourth-order valence-corrected chi connectivity index (χ4v) is 8.60. The summed E-state index contributed by atoms with van der Waals surface area (Å²) in [5.41, 5.74) is -6.02. The van der Waals surface area contributed by atoms with Crippen molar-refractivity contribution in [1.29, 1.82) is 0 Å². The standard InChI is InChI=1S/C13H18O4.C12H16O6.C8H8O3.C5H10O3.C4H6O4.C4H8O3.C3H6O3.5C3H6O2.C2H4O3.2C2H4O2/c14-11(15)7-17-12(16)13-4-8-1-9(5-13)3-10(2-8)6-13;1-10(2)11(3)4-5-12(10,18-8(11)15)9(16)17-6-7(13)14;9-8(10)6-11-7-4-2-1-3-5-7;1-5(2,8-3)4(6)7;1-3(5)8-2-4(6)7;1-4(2,7)3(5)6;1-6-2-3(4)5;5*1-2-3(4)5;3-1-2(4)5;2*1-2(3)4/h8-10H,1-7H2,(H,14,15);4-6H2,1-3H3,(H,13,14);1-5H,6H2,(H,9,10);1-3H3,(H,6,7);2H2,1H3,(H,6,7);7H,1-2H3,(H,5,6);2H2,1H3,(H,4,5);5*2H2,1H3,(H,4,5);3H,1H2,(H,4,5);2*1H3,(H,3,4)/p-15. The summed E-state index contributed by atoms with van der Waals surface area (Å²) in [6.45, 7) is 17.5. The molecule has 0 aromatic heterocycles. The molecule has 1 saturated heterocycles. The number of hydrogen-bond acceptors (Lipinski definition) is 43. The monoisotopic (exact) mass is 1630 g/mol. The molecule has 1 aliphatic heterocycles. The van der Waals surface area contributed by atoms with Crippen molar-refractivity contribution in [2.45, 2.75) is 204 Å². The van der Waals surface area contributed by atoms with E-state index < -0.39 is 168 Å². The molecule has 6 bridgehead atoms. The molecule has 6 fully saturated rings. The van der Waals surface area contributed by atoms with E-state index in [1.807, 2.05) is 6.07 Å². The minimum absolute atomic E-state index is 0.111. The van der Waals surface area contributed by atoms with Gasteiger partial charge in [0, 0.05) is 68.3 Å². The van der Waals surface area contributed by atoms with Crippen LogP contribution in [-0.4, -0.2) is 194 Å². The molecule has 652 valence electrons. The molecule has 43 nitrogen and oxygen atoms in total. The topological polar surface area (TPSA) is 775 Å². The van der Waals surface area contributed by atoms with E-state index in [4.69, 9.17) is 54.1 Å². The summed E-state index contributed by atoms with van der Waals surface area (Å²) in [5.74, 6) is -17.4. The number of aliphatic hydroxyl groups excluding tert-OH is 1. The number of benzene rings is 1. The molecule has 5 aliphatic carbocycles. The lowest BCUT2D eigenvalue weighted by atomic mass is 9.49. The van der Waals surface area contributed by atoms with Crippen molar-refractivity contribution in [2.24, 2.45) is 34.0 Å². The first kappa shape index (κ1) is 120. The maximum absolute atomic E-state index is 12.1. The second-order valence-corrected chi connectivity index (χ2v) is 24.7. The van der Waals surface area contributed by atoms with Gasteiger partial charge in [-0.3, -0.25) is 14.4 Å². The van der Waals surface area contributed by atoms with Gasteiger partial charge < -0.3 is 192 Å². The number of aliphatic hydroxyl groups is 2. The van der Waals surface area contributed by atoms with Crippen molar-refractivity contribution in [3.8, 4) is 5.75 Å². The Labute approximate surface area is 650 Å². The van der Waals surface area contributed by atoms with E-state index in [1.54, 1.807) is 45.0 Å². The highest BCUT2D eigenvalue weighted by Crippen LogP contribution is 2.66. The molecule has 6 aliphatic rings. The average molecular weight is 1630 g/mol. The molecule has 0 amide bonds. The molecule has 2 unspecified atom stereocenters. The quantitative estimate of drug-likeness (QED) is 0.0804. The van der Waals surface area contributed by atoms with Crippen LogP contribution >= 0.6 is 0 Å². The van der Waals surface area contributed by atoms with Crippen LogP contribution in [0.25, 0.3) is 0 Å². The Morgan fingerprint density at radius 3 is 0.912 bits per heavy atom. The van der Waals surface area contributed by atoms with Crippen LogP contribution in [0.3, 0.4) is 0 Å². The zero-order valence-electron chi connectivity index (χ0n) is 65.7. The Bertz CT molecular complexity index is 2930. The van der Waals surface area contributed by atoms with Crippen molar-refractivity contribution in [1.82, 2.24) is 0 Å². The Kier molecular flexibility index (Phi) is 68.5. The molecule has 5 saturated carbocycles. The van der Waals surface area contributed by atoms with Gasteiger partial charge in [0.2, 0.25) is 5.60 Å². The molecular weight excluding hydrogens is 1530 g/mol. The van der Waals surface area contributed by atoms with Crippen LogP contribution in [-0.2, 0) is 120 Å². The second-order valence-electron chi connectivity index (χ2n) is 24.7. The summed E-state index contributed by atoms with van der Waals surface area (Å²) in [7, 11) is 2.63. The van der Waals surface area contributed by atoms with E-state index in [0.29, 0.717) is 36.3 Å². The summed E-state index contributed by atoms with van der Waals surface area (Å²) in [5, 5.41) is 158. The molecule has 2 N–H and O–H groups in total. The molecule has 43 heteroatoms. The Morgan fingerprint density at radius 1 is 0.451 bits per heavy atom. The van der Waals surface area contributed by atoms with Gasteiger partial charge in [0.05, 0.1) is 77.4 Å². The number of aliphatic carboxylic acids is 15. The van der Waals surface area contributed by atoms with Crippen LogP contribution in [0.4, 0.5) is 0 Å². The predicted molar refractivity (Wildman–Crippen MR) is 345 cm³/mol. The van der Waals surface area contributed by atoms with Crippen molar-refractivity contribution >= 4 is 113 Å². The van der Waals surface area contributed by atoms with Crippen molar-refractivity contribution in [2.75, 3.05) is 53.9 Å². The Hall–Kier alpha value is -11.2. The first-order valence-corrected chi connectivity index (χ1v) is 33.2. The van der Waals surface area contributed by atoms with Gasteiger partial charge in [0.15, 0.2) is 0 Å². The molecule has 113 heavy (non-hydrogen) atoms. The van der Waals surface area contributed by atoms with Crippen molar-refractivity contribution < 1.29 is 211 Å². The molecule has 0 radical (unpaired) electrons. The van der Waals surface area contributed by atoms with Crippen LogP contribution in [0.15, 0.2) is 30.3 Å². The Balaban J connectivity index is -0.000000151. The molecule has 2 atom stereocenters. The van der Waals surface area contributed by atoms with Crippen LogP contribution in [0.1, 0.15) is 187 Å². The van der Waals surface area contributed by atoms with Gasteiger partial charge >= 0.3 is 23.9 Å². The van der Waals surface area contributed by atoms with Gasteiger partial charge in [0.25, 0.3) is 0 Å². The fourth-order valence-electron chi connectivity index (χ4n) is 8.60. The highest BCUT2D eigenvalue weighted by atomic mass is 16.6. The SMILES string of the molecule is CC(=O)OCC(=O)[O-].CC(=O)[O-].CC(=O)[O-].CC(C)(O)C(=O)[O-].CC12CCC(C(=O)OCC(=O)[O-])(OC1=O)C2(C)C.CCC(=O)[O-].CCC(=O)[O-].CCC(=O)[O-].CCC(=O)[O-].CCC(=O)[O-].COC(C)(C)C(=O)[O-].COCC(=O)[O-].O=C([O-])CO.O=C([O-])COC(=O)C12CC3CC(CC(C3)C1)C2.O=C([O-])COc1ccccc1. The number of esters is 4. The van der Waals surface area contributed by atoms with Gasteiger partial charge in [-0.1, -0.05) is 66.7 Å². The summed E-state index contributed by atoms with van der Waals surface area (Å²) in [6.07, 6.45) is 7.93. The third-order valence-corrected chi connectivity index (χ3v) is 14.4. The minimum atomic E-state index is -1.69. The summed E-state index contributed by atoms with van der Waals surface area (Å²) in [4.78, 5) is 188. The first-order valence-electron chi connectivity index (χ1n) is 33.2. The van der Waals surface area contributed by atoms with Crippen LogP contribution in [0, 0.1) is 34.0 Å². The number of rotatable bonds is 22. The van der Waals surface area contributed by atoms with Crippen LogP contribution in [0.2, 0.25) is 0 Å². The lowest BCUT2D eigenvalue weighted by molar-refractivity contribution is -0.324. The minimum Gasteiger partial charge on any atom is -0.550 e. The number of carboxylic acid groups (broad SMARTS) is 15. The largest absolute Gasteiger partial charge is 0.550 e. The molecular formula is C70H99O43-15. The third-order valence-electron chi connectivity index (χ3n) is 14.4. The van der Waals surface area contributed by atoms with Crippen LogP contribution in [0.5, 0.6) is 5.75 Å². The van der Waals surface area contributed by atoms with Crippen LogP contribution < -0.4 is 81.3 Å². The fraction of sp³-hybridized carbons (Fsp3) is 0.643. The molecule has 1 aromatic carbocycles. The number of hydrogen-bond donors (Lipinski definition) is 2. The molecule has 7 rings (SSSR count). The zero-order valence-corrected chi connectivity index (χ0v) is 65.7. The van der Waals surface area contributed by atoms with E-state index in [0.717, 1.165) is 53.9 Å². The third kappa shape index (κ3) is 66.3. The number of fused-ring (bicyclic) bond motifs is 2. The highest BCUT2D eigenvalue weighted by Gasteiger charge is 2.76.